The largest absolute Gasteiger partial charge is 0.419 e. The molecule has 1 aliphatic rings. The molecule has 1 aliphatic heterocycles. The Labute approximate surface area is 129 Å². The number of ether oxygens (including phenoxy) is 2. The number of rotatable bonds is 2. The molecule has 2 rings (SSSR count). The predicted molar refractivity (Wildman–Crippen MR) is 76.8 cm³/mol. The zero-order chi connectivity index (χ0) is 15.8. The third kappa shape index (κ3) is 3.41. The van der Waals surface area contributed by atoms with Gasteiger partial charge < -0.3 is 14.8 Å². The van der Waals surface area contributed by atoms with E-state index in [1.54, 1.807) is 13.0 Å². The Balaban J connectivity index is 2.26. The molecular formula is C14H13BrFNO4. The van der Waals surface area contributed by atoms with Gasteiger partial charge in [-0.2, -0.15) is 0 Å². The molecule has 5 nitrogen and oxygen atoms in total. The number of benzene rings is 1. The number of anilines is 1. The van der Waals surface area contributed by atoms with Gasteiger partial charge in [-0.3, -0.25) is 0 Å². The standard InChI is InChI=1S/C14H13BrFNO4/c1-7-4-9(16)11(15)10(5-7)17-6-8-12(18)20-14(2,3)21-13(8)19/h4-6,17H,1-3H3. The molecule has 1 aromatic carbocycles. The molecule has 1 fully saturated rings. The van der Waals surface area contributed by atoms with Crippen LogP contribution in [0.1, 0.15) is 19.4 Å². The molecule has 0 radical (unpaired) electrons. The molecule has 112 valence electrons. The lowest BCUT2D eigenvalue weighted by Crippen LogP contribution is -2.42. The highest BCUT2D eigenvalue weighted by atomic mass is 79.9. The van der Waals surface area contributed by atoms with E-state index in [2.05, 4.69) is 21.2 Å². The van der Waals surface area contributed by atoms with Gasteiger partial charge in [0, 0.05) is 20.0 Å². The smallest absolute Gasteiger partial charge is 0.350 e. The van der Waals surface area contributed by atoms with E-state index in [0.29, 0.717) is 11.3 Å². The maximum Gasteiger partial charge on any atom is 0.350 e. The van der Waals surface area contributed by atoms with Crippen molar-refractivity contribution in [3.63, 3.8) is 0 Å². The second-order valence-corrected chi connectivity index (χ2v) is 5.78. The Bertz CT molecular complexity index is 633. The Morgan fingerprint density at radius 1 is 1.24 bits per heavy atom. The van der Waals surface area contributed by atoms with Crippen LogP contribution < -0.4 is 5.32 Å². The number of hydrogen-bond acceptors (Lipinski definition) is 5. The van der Waals surface area contributed by atoms with Crippen molar-refractivity contribution in [2.75, 3.05) is 5.32 Å². The maximum absolute atomic E-state index is 13.6. The van der Waals surface area contributed by atoms with Gasteiger partial charge in [0.05, 0.1) is 10.2 Å². The highest BCUT2D eigenvalue weighted by molar-refractivity contribution is 9.10. The number of carbonyl (C=O) groups excluding carboxylic acids is 2. The molecular weight excluding hydrogens is 345 g/mol. The van der Waals surface area contributed by atoms with E-state index in [1.807, 2.05) is 0 Å². The number of aryl methyl sites for hydroxylation is 1. The number of cyclic esters (lactones) is 2. The van der Waals surface area contributed by atoms with E-state index in [1.165, 1.54) is 19.9 Å². The minimum atomic E-state index is -1.29. The van der Waals surface area contributed by atoms with E-state index >= 15 is 0 Å². The van der Waals surface area contributed by atoms with Gasteiger partial charge in [0.1, 0.15) is 5.82 Å². The number of halogens is 2. The monoisotopic (exact) mass is 357 g/mol. The molecule has 0 aromatic heterocycles. The van der Waals surface area contributed by atoms with Crippen molar-refractivity contribution < 1.29 is 23.5 Å². The van der Waals surface area contributed by atoms with Crippen molar-refractivity contribution in [3.05, 3.63) is 39.8 Å². The van der Waals surface area contributed by atoms with Crippen molar-refractivity contribution in [1.82, 2.24) is 0 Å². The van der Waals surface area contributed by atoms with Crippen LogP contribution in [0.15, 0.2) is 28.4 Å². The normalized spacial score (nSPS) is 17.1. The molecule has 1 heterocycles. The number of hydrogen-bond donors (Lipinski definition) is 1. The van der Waals surface area contributed by atoms with Gasteiger partial charge in [0.25, 0.3) is 5.79 Å². The highest BCUT2D eigenvalue weighted by Gasteiger charge is 2.38. The zero-order valence-electron chi connectivity index (χ0n) is 11.6. The molecule has 0 amide bonds. The van der Waals surface area contributed by atoms with E-state index in [9.17, 15) is 14.0 Å². The SMILES string of the molecule is Cc1cc(F)c(Br)c(NC=C2C(=O)OC(C)(C)OC2=O)c1. The van der Waals surface area contributed by atoms with Crippen molar-refractivity contribution in [1.29, 1.82) is 0 Å². The molecule has 0 unspecified atom stereocenters. The summed E-state index contributed by atoms with van der Waals surface area (Å²) in [7, 11) is 0. The lowest BCUT2D eigenvalue weighted by molar-refractivity contribution is -0.222. The summed E-state index contributed by atoms with van der Waals surface area (Å²) in [6.07, 6.45) is 1.14. The van der Waals surface area contributed by atoms with Crippen LogP contribution in [0.25, 0.3) is 0 Å². The lowest BCUT2D eigenvalue weighted by atomic mass is 10.2. The first-order chi connectivity index (χ1) is 9.69. The first-order valence-electron chi connectivity index (χ1n) is 6.08. The Hall–Kier alpha value is -1.89. The molecule has 0 atom stereocenters. The molecule has 0 aliphatic carbocycles. The average molecular weight is 358 g/mol. The van der Waals surface area contributed by atoms with Crippen LogP contribution in [0.4, 0.5) is 10.1 Å². The van der Waals surface area contributed by atoms with Crippen LogP contribution in [-0.2, 0) is 19.1 Å². The number of esters is 2. The Morgan fingerprint density at radius 3 is 2.38 bits per heavy atom. The minimum Gasteiger partial charge on any atom is -0.419 e. The molecule has 0 bridgehead atoms. The van der Waals surface area contributed by atoms with Crippen molar-refractivity contribution in [2.24, 2.45) is 0 Å². The van der Waals surface area contributed by atoms with Crippen LogP contribution in [0, 0.1) is 12.7 Å². The predicted octanol–water partition coefficient (Wildman–Crippen LogP) is 3.03. The first-order valence-corrected chi connectivity index (χ1v) is 6.88. The quantitative estimate of drug-likeness (QED) is 0.500. The van der Waals surface area contributed by atoms with E-state index < -0.39 is 23.5 Å². The van der Waals surface area contributed by atoms with E-state index in [4.69, 9.17) is 9.47 Å². The van der Waals surface area contributed by atoms with Gasteiger partial charge in [0.2, 0.25) is 0 Å². The second kappa shape index (κ2) is 5.48. The summed E-state index contributed by atoms with van der Waals surface area (Å²) < 4.78 is 23.7. The summed E-state index contributed by atoms with van der Waals surface area (Å²) in [5.74, 6) is -3.34. The molecule has 1 saturated heterocycles. The fourth-order valence-corrected chi connectivity index (χ4v) is 2.10. The van der Waals surface area contributed by atoms with Crippen molar-refractivity contribution in [2.45, 2.75) is 26.6 Å². The molecule has 1 aromatic rings. The van der Waals surface area contributed by atoms with Crippen LogP contribution in [0.2, 0.25) is 0 Å². The van der Waals surface area contributed by atoms with Crippen LogP contribution in [0.3, 0.4) is 0 Å². The summed E-state index contributed by atoms with van der Waals surface area (Å²) in [6.45, 7) is 4.64. The molecule has 1 N–H and O–H groups in total. The summed E-state index contributed by atoms with van der Waals surface area (Å²) in [4.78, 5) is 23.5. The van der Waals surface area contributed by atoms with Gasteiger partial charge in [-0.1, -0.05) is 0 Å². The lowest BCUT2D eigenvalue weighted by Gasteiger charge is -2.29. The van der Waals surface area contributed by atoms with Crippen LogP contribution in [-0.4, -0.2) is 17.7 Å². The average Bonchev–Trinajstić information content (AvgIpc) is 2.32. The van der Waals surface area contributed by atoms with Crippen molar-refractivity contribution in [3.8, 4) is 0 Å². The molecule has 7 heteroatoms. The fourth-order valence-electron chi connectivity index (χ4n) is 1.76. The third-order valence-corrected chi connectivity index (χ3v) is 3.47. The maximum atomic E-state index is 13.6. The third-order valence-electron chi connectivity index (χ3n) is 2.66. The highest BCUT2D eigenvalue weighted by Crippen LogP contribution is 2.28. The van der Waals surface area contributed by atoms with Gasteiger partial charge in [-0.15, -0.1) is 0 Å². The summed E-state index contributed by atoms with van der Waals surface area (Å²) in [6, 6.07) is 3.02. The second-order valence-electron chi connectivity index (χ2n) is 4.99. The van der Waals surface area contributed by atoms with Gasteiger partial charge in [-0.25, -0.2) is 14.0 Å². The van der Waals surface area contributed by atoms with E-state index in [0.717, 1.165) is 6.20 Å². The zero-order valence-corrected chi connectivity index (χ0v) is 13.2. The fraction of sp³-hybridized carbons (Fsp3) is 0.286. The number of nitrogens with one attached hydrogen (secondary N) is 1. The van der Waals surface area contributed by atoms with Gasteiger partial charge in [-0.05, 0) is 40.5 Å². The summed E-state index contributed by atoms with van der Waals surface area (Å²) in [5, 5.41) is 2.70. The van der Waals surface area contributed by atoms with Gasteiger partial charge >= 0.3 is 11.9 Å². The summed E-state index contributed by atoms with van der Waals surface area (Å²) in [5.41, 5.74) is 0.778. The molecule has 0 spiro atoms. The van der Waals surface area contributed by atoms with Gasteiger partial charge in [0.15, 0.2) is 5.57 Å². The molecule has 0 saturated carbocycles. The van der Waals surface area contributed by atoms with E-state index in [-0.39, 0.29) is 10.0 Å². The number of carbonyl (C=O) groups is 2. The summed E-state index contributed by atoms with van der Waals surface area (Å²) >= 11 is 3.09. The Morgan fingerprint density at radius 2 is 1.81 bits per heavy atom. The van der Waals surface area contributed by atoms with Crippen molar-refractivity contribution >= 4 is 33.6 Å². The minimum absolute atomic E-state index is 0.197. The van der Waals surface area contributed by atoms with Crippen LogP contribution >= 0.6 is 15.9 Å². The molecule has 21 heavy (non-hydrogen) atoms. The first kappa shape index (κ1) is 15.5. The van der Waals surface area contributed by atoms with Crippen LogP contribution in [0.5, 0.6) is 0 Å². The topological polar surface area (TPSA) is 64.6 Å². The Kier molecular flexibility index (Phi) is 4.04.